The number of rotatable bonds is 3. The zero-order valence-electron chi connectivity index (χ0n) is 15.9. The first-order valence-corrected chi connectivity index (χ1v) is 9.94. The monoisotopic (exact) mass is 398 g/mol. The van der Waals surface area contributed by atoms with E-state index < -0.39 is 11.9 Å². The van der Waals surface area contributed by atoms with E-state index in [1.165, 1.54) is 16.3 Å². The Morgan fingerprint density at radius 1 is 1.07 bits per heavy atom. The molecular formula is C22H18N6O2. The van der Waals surface area contributed by atoms with Crippen molar-refractivity contribution in [3.8, 4) is 0 Å². The molecule has 8 heteroatoms. The Labute approximate surface area is 171 Å². The highest BCUT2D eigenvalue weighted by Crippen LogP contribution is 2.56. The van der Waals surface area contributed by atoms with Gasteiger partial charge in [-0.1, -0.05) is 18.2 Å². The maximum absolute atomic E-state index is 12.4. The highest BCUT2D eigenvalue weighted by Gasteiger charge is 2.42. The van der Waals surface area contributed by atoms with E-state index in [2.05, 4.69) is 43.9 Å². The summed E-state index contributed by atoms with van der Waals surface area (Å²) in [7, 11) is 0. The van der Waals surface area contributed by atoms with Gasteiger partial charge in [-0.3, -0.25) is 15.1 Å². The molecule has 0 bridgehead atoms. The molecule has 3 aromatic heterocycles. The van der Waals surface area contributed by atoms with E-state index in [1.54, 1.807) is 16.9 Å². The molecule has 30 heavy (non-hydrogen) atoms. The zero-order valence-corrected chi connectivity index (χ0v) is 15.9. The summed E-state index contributed by atoms with van der Waals surface area (Å²) in [4.78, 5) is 32.6. The van der Waals surface area contributed by atoms with Crippen molar-refractivity contribution >= 4 is 28.4 Å². The predicted octanol–water partition coefficient (Wildman–Crippen LogP) is 2.47. The van der Waals surface area contributed by atoms with E-state index in [-0.39, 0.29) is 12.5 Å². The predicted molar refractivity (Wildman–Crippen MR) is 109 cm³/mol. The molecule has 4 heterocycles. The molecule has 0 spiro atoms. The first kappa shape index (κ1) is 17.1. The summed E-state index contributed by atoms with van der Waals surface area (Å²) >= 11 is 0. The summed E-state index contributed by atoms with van der Waals surface area (Å²) < 4.78 is 1.73. The van der Waals surface area contributed by atoms with E-state index in [0.29, 0.717) is 17.5 Å². The topological polar surface area (TPSA) is 101 Å². The quantitative estimate of drug-likeness (QED) is 0.552. The zero-order chi connectivity index (χ0) is 20.2. The molecule has 1 aromatic carbocycles. The number of aromatic nitrogens is 4. The highest BCUT2D eigenvalue weighted by molar-refractivity contribution is 6.00. The molecule has 2 N–H and O–H groups in total. The molecule has 1 saturated carbocycles. The number of pyridine rings is 1. The smallest absolute Gasteiger partial charge is 0.321 e. The van der Waals surface area contributed by atoms with Crippen LogP contribution in [0.25, 0.3) is 16.4 Å². The number of nitrogens with one attached hydrogen (secondary N) is 2. The minimum Gasteiger partial charge on any atom is -0.337 e. The van der Waals surface area contributed by atoms with Crippen LogP contribution in [-0.2, 0) is 4.79 Å². The number of hydrogen-bond donors (Lipinski definition) is 2. The van der Waals surface area contributed by atoms with Crippen molar-refractivity contribution in [2.24, 2.45) is 0 Å². The number of imide groups is 1. The fourth-order valence-electron chi connectivity index (χ4n) is 4.52. The molecule has 2 fully saturated rings. The van der Waals surface area contributed by atoms with E-state index in [1.807, 2.05) is 24.5 Å². The van der Waals surface area contributed by atoms with Crippen LogP contribution < -0.4 is 10.6 Å². The first-order valence-electron chi connectivity index (χ1n) is 9.94. The van der Waals surface area contributed by atoms with Gasteiger partial charge in [-0.15, -0.1) is 0 Å². The van der Waals surface area contributed by atoms with E-state index in [4.69, 9.17) is 0 Å². The summed E-state index contributed by atoms with van der Waals surface area (Å²) in [6, 6.07) is 9.91. The molecule has 8 nitrogen and oxygen atoms in total. The molecule has 0 radical (unpaired) electrons. The number of amides is 3. The average molecular weight is 398 g/mol. The number of hydrogen-bond acceptors (Lipinski definition) is 5. The van der Waals surface area contributed by atoms with Crippen LogP contribution in [0.15, 0.2) is 55.1 Å². The normalized spacial score (nSPS) is 23.4. The number of urea groups is 1. The Kier molecular flexibility index (Phi) is 3.61. The van der Waals surface area contributed by atoms with Crippen molar-refractivity contribution in [2.45, 2.75) is 24.2 Å². The summed E-state index contributed by atoms with van der Waals surface area (Å²) in [5, 5.41) is 12.0. The lowest BCUT2D eigenvalue weighted by Crippen LogP contribution is -2.51. The van der Waals surface area contributed by atoms with E-state index >= 15 is 0 Å². The van der Waals surface area contributed by atoms with Gasteiger partial charge in [0.05, 0.1) is 11.6 Å². The van der Waals surface area contributed by atoms with Gasteiger partial charge in [0.15, 0.2) is 5.65 Å². The molecule has 1 unspecified atom stereocenters. The molecule has 1 saturated heterocycles. The Morgan fingerprint density at radius 2 is 1.97 bits per heavy atom. The molecule has 3 amide bonds. The fraction of sp³-hybridized carbons (Fsp3) is 0.227. The lowest BCUT2D eigenvalue weighted by molar-refractivity contribution is -0.122. The lowest BCUT2D eigenvalue weighted by atomic mass is 9.97. The Balaban J connectivity index is 1.41. The van der Waals surface area contributed by atoms with Gasteiger partial charge in [-0.25, -0.2) is 14.3 Å². The molecule has 148 valence electrons. The minimum absolute atomic E-state index is 0.237. The Bertz CT molecular complexity index is 1320. The SMILES string of the molecule is O=C1NCC(c2cc([C@H]3C[C@@H]3c3cccc4ccncc34)c3nccn3n2)C(=O)N1. The molecule has 6 rings (SSSR count). The summed E-state index contributed by atoms with van der Waals surface area (Å²) in [5.74, 6) is -0.187. The highest BCUT2D eigenvalue weighted by atomic mass is 16.2. The molecule has 2 aliphatic rings. The average Bonchev–Trinajstić information content (AvgIpc) is 3.40. The van der Waals surface area contributed by atoms with Crippen LogP contribution in [0.2, 0.25) is 0 Å². The van der Waals surface area contributed by atoms with Gasteiger partial charge in [-0.05, 0) is 41.3 Å². The van der Waals surface area contributed by atoms with Crippen molar-refractivity contribution in [1.82, 2.24) is 30.2 Å². The van der Waals surface area contributed by atoms with E-state index in [9.17, 15) is 9.59 Å². The van der Waals surface area contributed by atoms with Gasteiger partial charge in [0.25, 0.3) is 0 Å². The fourth-order valence-corrected chi connectivity index (χ4v) is 4.52. The van der Waals surface area contributed by atoms with Gasteiger partial charge >= 0.3 is 6.03 Å². The van der Waals surface area contributed by atoms with Crippen molar-refractivity contribution in [3.63, 3.8) is 0 Å². The number of fused-ring (bicyclic) bond motifs is 2. The largest absolute Gasteiger partial charge is 0.337 e. The van der Waals surface area contributed by atoms with Gasteiger partial charge in [0.1, 0.15) is 0 Å². The summed E-state index contributed by atoms with van der Waals surface area (Å²) in [5.41, 5.74) is 3.82. The molecule has 4 aromatic rings. The van der Waals surface area contributed by atoms with Gasteiger partial charge in [-0.2, -0.15) is 5.10 Å². The third-order valence-corrected chi connectivity index (χ3v) is 6.09. The van der Waals surface area contributed by atoms with Gasteiger partial charge in [0, 0.05) is 42.3 Å². The molecule has 3 atom stereocenters. The van der Waals surface area contributed by atoms with Crippen LogP contribution in [0.1, 0.15) is 41.0 Å². The van der Waals surface area contributed by atoms with Crippen LogP contribution in [0, 0.1) is 0 Å². The number of nitrogens with zero attached hydrogens (tertiary/aromatic N) is 4. The van der Waals surface area contributed by atoms with Crippen LogP contribution >= 0.6 is 0 Å². The van der Waals surface area contributed by atoms with Crippen molar-refractivity contribution in [3.05, 3.63) is 71.9 Å². The van der Waals surface area contributed by atoms with Gasteiger partial charge in [0.2, 0.25) is 5.91 Å². The third kappa shape index (κ3) is 2.64. The third-order valence-electron chi connectivity index (χ3n) is 6.09. The number of carbonyl (C=O) groups excluding carboxylic acids is 2. The Hall–Kier alpha value is -3.81. The van der Waals surface area contributed by atoms with Gasteiger partial charge < -0.3 is 5.32 Å². The minimum atomic E-state index is -0.521. The van der Waals surface area contributed by atoms with E-state index in [0.717, 1.165) is 17.6 Å². The van der Waals surface area contributed by atoms with Crippen molar-refractivity contribution < 1.29 is 9.59 Å². The number of carbonyl (C=O) groups is 2. The second kappa shape index (κ2) is 6.35. The van der Waals surface area contributed by atoms with Crippen molar-refractivity contribution in [1.29, 1.82) is 0 Å². The molecular weight excluding hydrogens is 380 g/mol. The summed E-state index contributed by atoms with van der Waals surface area (Å²) in [6.07, 6.45) is 8.26. The van der Waals surface area contributed by atoms with Crippen LogP contribution in [0.5, 0.6) is 0 Å². The van der Waals surface area contributed by atoms with Crippen LogP contribution in [0.4, 0.5) is 4.79 Å². The lowest BCUT2D eigenvalue weighted by Gasteiger charge is -2.22. The standard InChI is InChI=1S/C22H18N6O2/c29-21-18(11-25-22(30)26-21)19-9-16(20-24-6-7-28(20)27-19)15-8-14(15)13-3-1-2-12-4-5-23-10-17(12)13/h1-7,9-10,14-15,18H,8,11H2,(H2,25,26,29,30)/t14-,15+,18?/m1/s1. The van der Waals surface area contributed by atoms with Crippen molar-refractivity contribution in [2.75, 3.05) is 6.54 Å². The first-order chi connectivity index (χ1) is 14.7. The number of imidazole rings is 1. The Morgan fingerprint density at radius 3 is 2.87 bits per heavy atom. The van der Waals surface area contributed by atoms with Crippen LogP contribution in [-0.4, -0.2) is 38.1 Å². The molecule has 1 aliphatic carbocycles. The maximum Gasteiger partial charge on any atom is 0.321 e. The second-order valence-electron chi connectivity index (χ2n) is 7.86. The molecule has 1 aliphatic heterocycles. The maximum atomic E-state index is 12.4. The number of benzene rings is 1. The van der Waals surface area contributed by atoms with Crippen LogP contribution in [0.3, 0.4) is 0 Å². The summed E-state index contributed by atoms with van der Waals surface area (Å²) in [6.45, 7) is 0.237. The second-order valence-corrected chi connectivity index (χ2v) is 7.86.